The fourth-order valence-electron chi connectivity index (χ4n) is 2.88. The molecule has 3 rings (SSSR count). The van der Waals surface area contributed by atoms with Gasteiger partial charge in [-0.1, -0.05) is 12.1 Å². The molecule has 2 aromatic rings. The maximum atomic E-state index is 12.9. The fourth-order valence-corrected chi connectivity index (χ4v) is 2.88. The summed E-state index contributed by atoms with van der Waals surface area (Å²) in [6.07, 6.45) is 2.62. The highest BCUT2D eigenvalue weighted by molar-refractivity contribution is 5.76. The van der Waals surface area contributed by atoms with Gasteiger partial charge in [-0.3, -0.25) is 4.79 Å². The van der Waals surface area contributed by atoms with Crippen molar-refractivity contribution in [1.82, 2.24) is 9.88 Å². The third-order valence-electron chi connectivity index (χ3n) is 4.37. The molecule has 0 unspecified atom stereocenters. The Kier molecular flexibility index (Phi) is 5.24. The Balaban J connectivity index is 1.48. The largest absolute Gasteiger partial charge is 0.353 e. The lowest BCUT2D eigenvalue weighted by atomic mass is 10.1. The van der Waals surface area contributed by atoms with Gasteiger partial charge in [0.25, 0.3) is 0 Å². The summed E-state index contributed by atoms with van der Waals surface area (Å²) in [6.45, 7) is 2.76. The molecular formula is C19H19FN4O. The summed E-state index contributed by atoms with van der Waals surface area (Å²) < 4.78 is 12.9. The van der Waals surface area contributed by atoms with Crippen LogP contribution in [0.4, 0.5) is 10.2 Å². The summed E-state index contributed by atoms with van der Waals surface area (Å²) in [6, 6.07) is 11.9. The zero-order valence-electron chi connectivity index (χ0n) is 13.9. The van der Waals surface area contributed by atoms with Gasteiger partial charge in [-0.15, -0.1) is 0 Å². The Bertz CT molecular complexity index is 760. The number of aryl methyl sites for hydroxylation is 1. The van der Waals surface area contributed by atoms with Crippen molar-refractivity contribution in [2.75, 3.05) is 31.1 Å². The minimum absolute atomic E-state index is 0.122. The van der Waals surface area contributed by atoms with Gasteiger partial charge in [-0.25, -0.2) is 9.37 Å². The topological polar surface area (TPSA) is 60.2 Å². The Morgan fingerprint density at radius 3 is 2.44 bits per heavy atom. The van der Waals surface area contributed by atoms with Crippen LogP contribution in [-0.4, -0.2) is 42.0 Å². The summed E-state index contributed by atoms with van der Waals surface area (Å²) in [5.41, 5.74) is 1.51. The minimum atomic E-state index is -0.261. The van der Waals surface area contributed by atoms with Gasteiger partial charge in [0.05, 0.1) is 5.56 Å². The van der Waals surface area contributed by atoms with Crippen molar-refractivity contribution in [3.8, 4) is 6.07 Å². The number of nitrogens with zero attached hydrogens (tertiary/aromatic N) is 4. The lowest BCUT2D eigenvalue weighted by Crippen LogP contribution is -2.49. The van der Waals surface area contributed by atoms with Crippen molar-refractivity contribution in [2.45, 2.75) is 12.8 Å². The van der Waals surface area contributed by atoms with E-state index in [4.69, 9.17) is 5.26 Å². The summed E-state index contributed by atoms with van der Waals surface area (Å²) >= 11 is 0. The third-order valence-corrected chi connectivity index (χ3v) is 4.37. The molecule has 6 heteroatoms. The molecule has 0 aliphatic carbocycles. The fraction of sp³-hybridized carbons (Fsp3) is 0.316. The van der Waals surface area contributed by atoms with Crippen LogP contribution in [-0.2, 0) is 11.2 Å². The molecule has 5 nitrogen and oxygen atoms in total. The van der Waals surface area contributed by atoms with Gasteiger partial charge < -0.3 is 9.80 Å². The second-order valence-corrected chi connectivity index (χ2v) is 6.01. The Morgan fingerprint density at radius 1 is 1.12 bits per heavy atom. The van der Waals surface area contributed by atoms with Crippen LogP contribution >= 0.6 is 0 Å². The molecule has 1 saturated heterocycles. The van der Waals surface area contributed by atoms with Crippen LogP contribution in [0.2, 0.25) is 0 Å². The summed E-state index contributed by atoms with van der Waals surface area (Å²) in [7, 11) is 0. The van der Waals surface area contributed by atoms with Gasteiger partial charge in [0.1, 0.15) is 17.7 Å². The number of pyridine rings is 1. The van der Waals surface area contributed by atoms with Crippen LogP contribution in [0.1, 0.15) is 17.5 Å². The molecule has 2 heterocycles. The molecular weight excluding hydrogens is 319 g/mol. The molecule has 0 saturated carbocycles. The number of hydrogen-bond acceptors (Lipinski definition) is 4. The van der Waals surface area contributed by atoms with Crippen LogP contribution < -0.4 is 4.90 Å². The number of carbonyl (C=O) groups excluding carboxylic acids is 1. The molecule has 0 atom stereocenters. The second kappa shape index (κ2) is 7.75. The van der Waals surface area contributed by atoms with Crippen molar-refractivity contribution in [3.05, 3.63) is 59.5 Å². The smallest absolute Gasteiger partial charge is 0.223 e. The van der Waals surface area contributed by atoms with Crippen LogP contribution in [0, 0.1) is 17.1 Å². The predicted octanol–water partition coefficient (Wildman–Crippen LogP) is 2.37. The van der Waals surface area contributed by atoms with E-state index in [1.165, 1.54) is 12.1 Å². The number of anilines is 1. The van der Waals surface area contributed by atoms with E-state index < -0.39 is 0 Å². The molecule has 1 aliphatic rings. The number of halogens is 1. The van der Waals surface area contributed by atoms with Crippen LogP contribution in [0.3, 0.4) is 0 Å². The highest BCUT2D eigenvalue weighted by atomic mass is 19.1. The van der Waals surface area contributed by atoms with E-state index in [2.05, 4.69) is 16.0 Å². The number of benzene rings is 1. The Hall–Kier alpha value is -2.94. The number of carbonyl (C=O) groups is 1. The molecule has 25 heavy (non-hydrogen) atoms. The summed E-state index contributed by atoms with van der Waals surface area (Å²) in [4.78, 5) is 20.6. The van der Waals surface area contributed by atoms with E-state index in [1.807, 2.05) is 11.0 Å². The van der Waals surface area contributed by atoms with Gasteiger partial charge in [0, 0.05) is 38.8 Å². The quantitative estimate of drug-likeness (QED) is 0.859. The monoisotopic (exact) mass is 338 g/mol. The summed E-state index contributed by atoms with van der Waals surface area (Å²) in [5.74, 6) is 0.691. The molecule has 1 aromatic carbocycles. The average Bonchev–Trinajstić information content (AvgIpc) is 2.67. The molecule has 1 aliphatic heterocycles. The number of hydrogen-bond donors (Lipinski definition) is 0. The standard InChI is InChI=1S/C19H19FN4O/c20-17-5-1-15(2-6-17)4-8-19(25)24-11-9-23(10-12-24)18-7-3-16(13-21)14-22-18/h1-3,5-7,14H,4,8-12H2. The van der Waals surface area contributed by atoms with E-state index >= 15 is 0 Å². The maximum Gasteiger partial charge on any atom is 0.223 e. The molecule has 1 aromatic heterocycles. The number of piperazine rings is 1. The lowest BCUT2D eigenvalue weighted by Gasteiger charge is -2.35. The molecule has 0 bridgehead atoms. The molecule has 128 valence electrons. The second-order valence-electron chi connectivity index (χ2n) is 6.01. The van der Waals surface area contributed by atoms with E-state index in [1.54, 1.807) is 24.4 Å². The van der Waals surface area contributed by atoms with Gasteiger partial charge in [-0.05, 0) is 36.2 Å². The van der Waals surface area contributed by atoms with Crippen molar-refractivity contribution < 1.29 is 9.18 Å². The van der Waals surface area contributed by atoms with Gasteiger partial charge in [-0.2, -0.15) is 5.26 Å². The Labute approximate surface area is 146 Å². The van der Waals surface area contributed by atoms with Crippen LogP contribution in [0.5, 0.6) is 0 Å². The van der Waals surface area contributed by atoms with Crippen molar-refractivity contribution >= 4 is 11.7 Å². The van der Waals surface area contributed by atoms with Gasteiger partial charge in [0.2, 0.25) is 5.91 Å². The van der Waals surface area contributed by atoms with Crippen molar-refractivity contribution in [3.63, 3.8) is 0 Å². The first-order valence-electron chi connectivity index (χ1n) is 8.29. The summed E-state index contributed by atoms with van der Waals surface area (Å²) in [5, 5.41) is 8.81. The van der Waals surface area contributed by atoms with Crippen molar-refractivity contribution in [2.24, 2.45) is 0 Å². The molecule has 0 N–H and O–H groups in total. The SMILES string of the molecule is N#Cc1ccc(N2CCN(C(=O)CCc3ccc(F)cc3)CC2)nc1. The predicted molar refractivity (Wildman–Crippen MR) is 92.5 cm³/mol. The van der Waals surface area contributed by atoms with Crippen LogP contribution in [0.25, 0.3) is 0 Å². The first-order valence-corrected chi connectivity index (χ1v) is 8.29. The number of rotatable bonds is 4. The number of amides is 1. The first kappa shape index (κ1) is 16.9. The number of nitriles is 1. The van der Waals surface area contributed by atoms with E-state index in [0.717, 1.165) is 24.5 Å². The zero-order chi connectivity index (χ0) is 17.6. The molecule has 1 fully saturated rings. The van der Waals surface area contributed by atoms with Crippen LogP contribution in [0.15, 0.2) is 42.6 Å². The highest BCUT2D eigenvalue weighted by Crippen LogP contribution is 2.15. The zero-order valence-corrected chi connectivity index (χ0v) is 13.9. The van der Waals surface area contributed by atoms with E-state index in [-0.39, 0.29) is 11.7 Å². The highest BCUT2D eigenvalue weighted by Gasteiger charge is 2.21. The normalized spacial score (nSPS) is 14.2. The minimum Gasteiger partial charge on any atom is -0.353 e. The van der Waals surface area contributed by atoms with E-state index in [0.29, 0.717) is 31.5 Å². The number of aromatic nitrogens is 1. The first-order chi connectivity index (χ1) is 12.2. The van der Waals surface area contributed by atoms with Crippen molar-refractivity contribution in [1.29, 1.82) is 5.26 Å². The average molecular weight is 338 g/mol. The molecule has 1 amide bonds. The lowest BCUT2D eigenvalue weighted by molar-refractivity contribution is -0.131. The molecule has 0 radical (unpaired) electrons. The maximum absolute atomic E-state index is 12.9. The van der Waals surface area contributed by atoms with E-state index in [9.17, 15) is 9.18 Å². The van der Waals surface area contributed by atoms with Gasteiger partial charge in [0.15, 0.2) is 0 Å². The van der Waals surface area contributed by atoms with Gasteiger partial charge >= 0.3 is 0 Å². The third kappa shape index (κ3) is 4.32. The molecule has 0 spiro atoms. The Morgan fingerprint density at radius 2 is 1.84 bits per heavy atom.